The molecule has 2 N–H and O–H groups in total. The number of nitrogens with one attached hydrogen (secondary N) is 2. The van der Waals surface area contributed by atoms with Crippen LogP contribution in [0.1, 0.15) is 32.8 Å². The van der Waals surface area contributed by atoms with Crippen molar-refractivity contribution in [2.24, 2.45) is 5.41 Å². The number of hydrogen-bond donors (Lipinski definition) is 2. The summed E-state index contributed by atoms with van der Waals surface area (Å²) in [5.41, 5.74) is 3.79. The molecule has 0 saturated carbocycles. The van der Waals surface area contributed by atoms with Crippen LogP contribution in [0.3, 0.4) is 0 Å². The monoisotopic (exact) mass is 471 g/mol. The summed E-state index contributed by atoms with van der Waals surface area (Å²) in [6, 6.07) is 12.8. The van der Waals surface area contributed by atoms with Crippen LogP contribution in [0.5, 0.6) is 0 Å². The Kier molecular flexibility index (Phi) is 5.92. The maximum atomic E-state index is 12.6. The molecule has 0 aliphatic carbocycles. The van der Waals surface area contributed by atoms with Crippen LogP contribution in [-0.2, 0) is 4.79 Å². The van der Waals surface area contributed by atoms with E-state index in [4.69, 9.17) is 9.97 Å². The Labute approximate surface area is 206 Å². The van der Waals surface area contributed by atoms with E-state index < -0.39 is 5.41 Å². The van der Waals surface area contributed by atoms with Crippen LogP contribution in [0.15, 0.2) is 48.8 Å². The van der Waals surface area contributed by atoms with Crippen molar-refractivity contribution in [2.75, 3.05) is 35.7 Å². The third kappa shape index (κ3) is 4.71. The zero-order chi connectivity index (χ0) is 24.7. The molecule has 2 bridgehead atoms. The molecular formula is C27H33N7O. The first-order valence-corrected chi connectivity index (χ1v) is 12.1. The number of rotatable bonds is 5. The molecule has 2 aliphatic heterocycles. The zero-order valence-electron chi connectivity index (χ0n) is 21.0. The molecule has 2 atom stereocenters. The number of carbonyl (C=O) groups is 1. The van der Waals surface area contributed by atoms with Crippen LogP contribution in [0.4, 0.5) is 23.1 Å². The number of fused-ring (bicyclic) bond motifs is 2. The highest BCUT2D eigenvalue weighted by Gasteiger charge is 2.42. The number of nitrogens with zero attached hydrogens (tertiary/aromatic N) is 5. The summed E-state index contributed by atoms with van der Waals surface area (Å²) in [5, 5.41) is 6.33. The number of piperazine rings is 1. The lowest BCUT2D eigenvalue weighted by Crippen LogP contribution is -2.45. The molecule has 8 nitrogen and oxygen atoms in total. The number of benzene rings is 1. The number of pyridine rings is 1. The first-order chi connectivity index (χ1) is 16.7. The third-order valence-corrected chi connectivity index (χ3v) is 6.88. The maximum absolute atomic E-state index is 12.6. The molecule has 0 spiro atoms. The fraction of sp³-hybridized carbons (Fsp3) is 0.407. The van der Waals surface area contributed by atoms with E-state index in [9.17, 15) is 4.79 Å². The van der Waals surface area contributed by atoms with Gasteiger partial charge in [0, 0.05) is 42.3 Å². The normalized spacial score (nSPS) is 19.7. The highest BCUT2D eigenvalue weighted by molar-refractivity contribution is 5.98. The van der Waals surface area contributed by atoms with Crippen LogP contribution in [-0.4, -0.2) is 58.0 Å². The van der Waals surface area contributed by atoms with Gasteiger partial charge in [0.15, 0.2) is 0 Å². The van der Waals surface area contributed by atoms with Crippen LogP contribution >= 0.6 is 0 Å². The molecule has 4 heterocycles. The first kappa shape index (κ1) is 23.2. The average Bonchev–Trinajstić information content (AvgIpc) is 3.39. The van der Waals surface area contributed by atoms with Crippen LogP contribution in [0.2, 0.25) is 0 Å². The van der Waals surface area contributed by atoms with E-state index in [2.05, 4.69) is 45.5 Å². The average molecular weight is 472 g/mol. The number of likely N-dealkylation sites (tertiary alicyclic amines) is 1. The lowest BCUT2D eigenvalue weighted by Gasteiger charge is -2.33. The van der Waals surface area contributed by atoms with Gasteiger partial charge in [-0.15, -0.1) is 0 Å². The van der Waals surface area contributed by atoms with Gasteiger partial charge in [-0.2, -0.15) is 0 Å². The molecule has 2 aliphatic rings. The standard InChI is InChI=1S/C27H33N7O/c1-17-12-18(14-29-24(17)34-16-19-13-20(34)15-33(19)5)30-26-28-11-10-23(32-26)21-8-6-7-9-22(21)31-25(35)27(2,3)4/h6-12,14,19-20H,13,15-16H2,1-5H3,(H,31,35)(H,28,30,32). The molecule has 2 fully saturated rings. The van der Waals surface area contributed by atoms with E-state index in [0.29, 0.717) is 18.0 Å². The van der Waals surface area contributed by atoms with E-state index >= 15 is 0 Å². The highest BCUT2D eigenvalue weighted by Crippen LogP contribution is 2.35. The number of anilines is 4. The summed E-state index contributed by atoms with van der Waals surface area (Å²) in [5.74, 6) is 1.50. The second kappa shape index (κ2) is 8.92. The van der Waals surface area contributed by atoms with Gasteiger partial charge in [-0.25, -0.2) is 15.0 Å². The predicted octanol–water partition coefficient (Wildman–Crippen LogP) is 4.47. The van der Waals surface area contributed by atoms with Gasteiger partial charge in [-0.05, 0) is 44.2 Å². The molecule has 1 amide bonds. The minimum atomic E-state index is -0.493. The molecule has 1 aromatic carbocycles. The molecule has 2 unspecified atom stereocenters. The molecule has 2 aromatic heterocycles. The highest BCUT2D eigenvalue weighted by atomic mass is 16.2. The Hall–Kier alpha value is -3.52. The largest absolute Gasteiger partial charge is 0.350 e. The topological polar surface area (TPSA) is 86.3 Å². The number of likely N-dealkylation sites (N-methyl/N-ethyl adjacent to an activating group) is 1. The van der Waals surface area contributed by atoms with Crippen LogP contribution < -0.4 is 15.5 Å². The summed E-state index contributed by atoms with van der Waals surface area (Å²) >= 11 is 0. The number of para-hydroxylation sites is 1. The zero-order valence-corrected chi connectivity index (χ0v) is 21.0. The second-order valence-corrected chi connectivity index (χ2v) is 10.6. The van der Waals surface area contributed by atoms with Gasteiger partial charge >= 0.3 is 0 Å². The fourth-order valence-electron chi connectivity index (χ4n) is 4.89. The quantitative estimate of drug-likeness (QED) is 0.568. The Morgan fingerprint density at radius 3 is 2.57 bits per heavy atom. The van der Waals surface area contributed by atoms with Crippen molar-refractivity contribution in [2.45, 2.75) is 46.2 Å². The minimum absolute atomic E-state index is 0.0446. The molecule has 182 valence electrons. The maximum Gasteiger partial charge on any atom is 0.229 e. The van der Waals surface area contributed by atoms with Gasteiger partial charge in [0.1, 0.15) is 5.82 Å². The number of carbonyl (C=O) groups excluding carboxylic acids is 1. The molecule has 35 heavy (non-hydrogen) atoms. The van der Waals surface area contributed by atoms with Crippen molar-refractivity contribution in [1.82, 2.24) is 19.9 Å². The van der Waals surface area contributed by atoms with E-state index in [-0.39, 0.29) is 5.91 Å². The number of aromatic nitrogens is 3. The van der Waals surface area contributed by atoms with Gasteiger partial charge in [0.05, 0.1) is 23.3 Å². The lowest BCUT2D eigenvalue weighted by molar-refractivity contribution is -0.123. The van der Waals surface area contributed by atoms with Gasteiger partial charge < -0.3 is 15.5 Å². The van der Waals surface area contributed by atoms with Crippen molar-refractivity contribution in [3.05, 3.63) is 54.4 Å². The lowest BCUT2D eigenvalue weighted by atomic mass is 9.95. The fourth-order valence-corrected chi connectivity index (χ4v) is 4.89. The molecule has 2 saturated heterocycles. The first-order valence-electron chi connectivity index (χ1n) is 12.1. The number of aryl methyl sites for hydroxylation is 1. The van der Waals surface area contributed by atoms with Crippen molar-refractivity contribution < 1.29 is 4.79 Å². The van der Waals surface area contributed by atoms with E-state index in [1.807, 2.05) is 57.3 Å². The Bertz CT molecular complexity index is 1250. The summed E-state index contributed by atoms with van der Waals surface area (Å²) in [6.07, 6.45) is 4.79. The SMILES string of the molecule is Cc1cc(Nc2nccc(-c3ccccc3NC(=O)C(C)(C)C)n2)cnc1N1CC2CC1CN2C. The van der Waals surface area contributed by atoms with Gasteiger partial charge in [-0.3, -0.25) is 9.69 Å². The summed E-state index contributed by atoms with van der Waals surface area (Å²) in [6.45, 7) is 9.93. The van der Waals surface area contributed by atoms with Gasteiger partial charge in [0.25, 0.3) is 0 Å². The van der Waals surface area contributed by atoms with Crippen molar-refractivity contribution in [1.29, 1.82) is 0 Å². The summed E-state index contributed by atoms with van der Waals surface area (Å²) < 4.78 is 0. The number of hydrogen-bond acceptors (Lipinski definition) is 7. The second-order valence-electron chi connectivity index (χ2n) is 10.6. The molecule has 3 aromatic rings. The Morgan fingerprint density at radius 2 is 1.89 bits per heavy atom. The minimum Gasteiger partial charge on any atom is -0.350 e. The molecule has 8 heteroatoms. The van der Waals surface area contributed by atoms with Gasteiger partial charge in [0.2, 0.25) is 11.9 Å². The van der Waals surface area contributed by atoms with Crippen molar-refractivity contribution in [3.8, 4) is 11.3 Å². The summed E-state index contributed by atoms with van der Waals surface area (Å²) in [7, 11) is 2.21. The Balaban J connectivity index is 1.35. The van der Waals surface area contributed by atoms with E-state index in [0.717, 1.165) is 47.1 Å². The molecule has 5 rings (SSSR count). The van der Waals surface area contributed by atoms with E-state index in [1.54, 1.807) is 6.20 Å². The molecular weight excluding hydrogens is 438 g/mol. The number of amides is 1. The summed E-state index contributed by atoms with van der Waals surface area (Å²) in [4.78, 5) is 31.4. The third-order valence-electron chi connectivity index (χ3n) is 6.88. The smallest absolute Gasteiger partial charge is 0.229 e. The van der Waals surface area contributed by atoms with Gasteiger partial charge in [-0.1, -0.05) is 39.0 Å². The van der Waals surface area contributed by atoms with Crippen molar-refractivity contribution >= 4 is 29.0 Å². The molecule has 0 radical (unpaired) electrons. The van der Waals surface area contributed by atoms with Crippen LogP contribution in [0.25, 0.3) is 11.3 Å². The van der Waals surface area contributed by atoms with E-state index in [1.165, 1.54) is 6.42 Å². The Morgan fingerprint density at radius 1 is 1.09 bits per heavy atom. The van der Waals surface area contributed by atoms with Crippen molar-refractivity contribution in [3.63, 3.8) is 0 Å². The van der Waals surface area contributed by atoms with Crippen LogP contribution in [0, 0.1) is 12.3 Å². The predicted molar refractivity (Wildman–Crippen MR) is 140 cm³/mol.